The summed E-state index contributed by atoms with van der Waals surface area (Å²) in [5, 5.41) is 4.47. The van der Waals surface area contributed by atoms with Gasteiger partial charge in [-0.25, -0.2) is 19.7 Å². The Labute approximate surface area is 215 Å². The smallest absolute Gasteiger partial charge is 0.405 e. The van der Waals surface area contributed by atoms with Crippen molar-refractivity contribution in [3.63, 3.8) is 0 Å². The third-order valence-corrected chi connectivity index (χ3v) is 6.20. The van der Waals surface area contributed by atoms with E-state index in [4.69, 9.17) is 14.2 Å². The number of alkyl halides is 3. The van der Waals surface area contributed by atoms with Crippen LogP contribution in [0.3, 0.4) is 0 Å². The van der Waals surface area contributed by atoms with Crippen molar-refractivity contribution in [3.05, 3.63) is 30.2 Å². The maximum Gasteiger partial charge on any atom is 0.405 e. The SMILES string of the molecule is CC1(C)OCC(COc2cnc(NC(=O)N3c4nc(C(=O)NCC(F)(F)F)ccc4N4CC[C@H]3C4)cn2)O1. The molecule has 2 bridgehead atoms. The number of hydrogen-bond acceptors (Lipinski definition) is 9. The summed E-state index contributed by atoms with van der Waals surface area (Å²) in [5.41, 5.74) is 0.381. The van der Waals surface area contributed by atoms with E-state index in [-0.39, 0.29) is 42.0 Å². The number of fused-ring (bicyclic) bond motifs is 4. The Hall–Kier alpha value is -3.72. The van der Waals surface area contributed by atoms with Crippen molar-refractivity contribution >= 4 is 29.3 Å². The van der Waals surface area contributed by atoms with Gasteiger partial charge < -0.3 is 24.4 Å². The number of pyridine rings is 1. The van der Waals surface area contributed by atoms with Crippen molar-refractivity contribution < 1.29 is 37.0 Å². The molecule has 0 aliphatic carbocycles. The fourth-order valence-corrected chi connectivity index (χ4v) is 4.52. The predicted octanol–water partition coefficient (Wildman–Crippen LogP) is 2.32. The number of nitrogens with one attached hydrogen (secondary N) is 2. The summed E-state index contributed by atoms with van der Waals surface area (Å²) in [4.78, 5) is 41.6. The zero-order chi connectivity index (χ0) is 27.1. The number of carbonyl (C=O) groups is 2. The quantitative estimate of drug-likeness (QED) is 0.570. The molecule has 38 heavy (non-hydrogen) atoms. The second-order valence-corrected chi connectivity index (χ2v) is 9.53. The van der Waals surface area contributed by atoms with E-state index in [0.717, 1.165) is 0 Å². The average molecular weight is 537 g/mol. The molecule has 0 aromatic carbocycles. The minimum Gasteiger partial charge on any atom is -0.474 e. The first kappa shape index (κ1) is 25.9. The van der Waals surface area contributed by atoms with E-state index in [1.165, 1.54) is 23.4 Å². The Morgan fingerprint density at radius 1 is 1.24 bits per heavy atom. The highest BCUT2D eigenvalue weighted by Crippen LogP contribution is 2.39. The summed E-state index contributed by atoms with van der Waals surface area (Å²) in [6.45, 7) is 3.98. The van der Waals surface area contributed by atoms with Crippen molar-refractivity contribution in [2.75, 3.05) is 48.0 Å². The Morgan fingerprint density at radius 3 is 2.74 bits per heavy atom. The summed E-state index contributed by atoms with van der Waals surface area (Å²) in [6, 6.07) is 2.13. The van der Waals surface area contributed by atoms with E-state index in [0.29, 0.717) is 31.8 Å². The lowest BCUT2D eigenvalue weighted by atomic mass is 10.1. The molecule has 2 fully saturated rings. The van der Waals surface area contributed by atoms with Gasteiger partial charge >= 0.3 is 12.2 Å². The molecular weight excluding hydrogens is 511 g/mol. The lowest BCUT2D eigenvalue weighted by Crippen LogP contribution is -2.48. The minimum atomic E-state index is -4.56. The van der Waals surface area contributed by atoms with E-state index >= 15 is 0 Å². The lowest BCUT2D eigenvalue weighted by Gasteiger charge is -2.35. The van der Waals surface area contributed by atoms with Gasteiger partial charge in [0.2, 0.25) is 5.88 Å². The van der Waals surface area contributed by atoms with Crippen LogP contribution in [0, 0.1) is 0 Å². The first-order chi connectivity index (χ1) is 18.0. The average Bonchev–Trinajstić information content (AvgIpc) is 3.44. The molecule has 2 N–H and O–H groups in total. The first-order valence-electron chi connectivity index (χ1n) is 12.0. The standard InChI is InChI=1S/C23H26F3N7O5/c1-22(2)37-11-14(38-22)10-36-18-8-27-17(7-28-18)31-21(35)33-13-5-6-32(9-13)16-4-3-15(30-19(16)33)20(34)29-12-23(24,25)26/h3-4,7-8,13-14H,5-6,9-12H2,1-2H3,(H,29,34)(H,27,31,35)/t13-,14?/m0/s1. The highest BCUT2D eigenvalue weighted by atomic mass is 19.4. The molecule has 5 heterocycles. The summed E-state index contributed by atoms with van der Waals surface area (Å²) < 4.78 is 54.3. The highest BCUT2D eigenvalue weighted by Gasteiger charge is 2.41. The number of hydrogen-bond donors (Lipinski definition) is 2. The van der Waals surface area contributed by atoms with Gasteiger partial charge in [0.15, 0.2) is 17.4 Å². The normalized spacial score (nSPS) is 21.7. The molecule has 2 saturated heterocycles. The number of halogens is 3. The molecule has 12 nitrogen and oxygen atoms in total. The Bertz CT molecular complexity index is 1210. The van der Waals surface area contributed by atoms with Gasteiger partial charge in [-0.2, -0.15) is 13.2 Å². The van der Waals surface area contributed by atoms with E-state index < -0.39 is 30.4 Å². The van der Waals surface area contributed by atoms with Gasteiger partial charge in [-0.05, 0) is 32.4 Å². The van der Waals surface area contributed by atoms with E-state index in [1.807, 2.05) is 18.7 Å². The number of urea groups is 1. The van der Waals surface area contributed by atoms with Gasteiger partial charge in [0.05, 0.1) is 30.7 Å². The first-order valence-corrected chi connectivity index (χ1v) is 12.0. The van der Waals surface area contributed by atoms with Crippen LogP contribution in [0.25, 0.3) is 0 Å². The van der Waals surface area contributed by atoms with Crippen molar-refractivity contribution in [1.82, 2.24) is 20.3 Å². The molecule has 0 spiro atoms. The van der Waals surface area contributed by atoms with E-state index in [9.17, 15) is 22.8 Å². The number of aromatic nitrogens is 3. The largest absolute Gasteiger partial charge is 0.474 e. The van der Waals surface area contributed by atoms with Crippen LogP contribution < -0.4 is 25.2 Å². The molecule has 2 aromatic heterocycles. The Balaban J connectivity index is 1.26. The number of amides is 3. The molecule has 5 rings (SSSR count). The summed E-state index contributed by atoms with van der Waals surface area (Å²) >= 11 is 0. The van der Waals surface area contributed by atoms with Crippen LogP contribution in [0.15, 0.2) is 24.5 Å². The van der Waals surface area contributed by atoms with Crippen LogP contribution in [0.4, 0.5) is 35.3 Å². The topological polar surface area (TPSA) is 131 Å². The number of carbonyl (C=O) groups excluding carboxylic acids is 2. The molecule has 2 atom stereocenters. The lowest BCUT2D eigenvalue weighted by molar-refractivity contribution is -0.141. The van der Waals surface area contributed by atoms with Crippen LogP contribution in [0.1, 0.15) is 30.8 Å². The molecule has 3 amide bonds. The maximum atomic E-state index is 13.3. The molecule has 0 saturated carbocycles. The van der Waals surface area contributed by atoms with E-state index in [1.54, 1.807) is 11.4 Å². The third-order valence-electron chi connectivity index (χ3n) is 6.20. The molecule has 204 valence electrons. The highest BCUT2D eigenvalue weighted by molar-refractivity contribution is 6.04. The number of anilines is 3. The van der Waals surface area contributed by atoms with Crippen LogP contribution in [0.5, 0.6) is 5.88 Å². The van der Waals surface area contributed by atoms with Gasteiger partial charge in [-0.3, -0.25) is 15.0 Å². The molecular formula is C23H26F3N7O5. The number of ether oxygens (including phenoxy) is 3. The second-order valence-electron chi connectivity index (χ2n) is 9.53. The van der Waals surface area contributed by atoms with Crippen molar-refractivity contribution in [2.24, 2.45) is 0 Å². The molecule has 3 aliphatic heterocycles. The Morgan fingerprint density at radius 2 is 2.05 bits per heavy atom. The zero-order valence-corrected chi connectivity index (χ0v) is 20.6. The molecule has 15 heteroatoms. The summed E-state index contributed by atoms with van der Waals surface area (Å²) in [5.74, 6) is -1.07. The molecule has 3 aliphatic rings. The predicted molar refractivity (Wildman–Crippen MR) is 127 cm³/mol. The fourth-order valence-electron chi connectivity index (χ4n) is 4.52. The van der Waals surface area contributed by atoms with Crippen LogP contribution in [-0.2, 0) is 9.47 Å². The van der Waals surface area contributed by atoms with Crippen molar-refractivity contribution in [3.8, 4) is 5.88 Å². The zero-order valence-electron chi connectivity index (χ0n) is 20.6. The van der Waals surface area contributed by atoms with Gasteiger partial charge in [0, 0.05) is 13.1 Å². The minimum absolute atomic E-state index is 0.157. The molecule has 2 aromatic rings. The monoisotopic (exact) mass is 537 g/mol. The van der Waals surface area contributed by atoms with E-state index in [2.05, 4.69) is 20.3 Å². The van der Waals surface area contributed by atoms with Crippen molar-refractivity contribution in [2.45, 2.75) is 44.4 Å². The molecule has 1 unspecified atom stereocenters. The van der Waals surface area contributed by atoms with Crippen LogP contribution in [0.2, 0.25) is 0 Å². The van der Waals surface area contributed by atoms with Gasteiger partial charge in [-0.1, -0.05) is 0 Å². The van der Waals surface area contributed by atoms with Gasteiger partial charge in [0.1, 0.15) is 24.9 Å². The Kier molecular flexibility index (Phi) is 6.73. The second kappa shape index (κ2) is 9.87. The number of nitrogens with zero attached hydrogens (tertiary/aromatic N) is 5. The van der Waals surface area contributed by atoms with Crippen LogP contribution in [-0.4, -0.2) is 83.8 Å². The van der Waals surface area contributed by atoms with Gasteiger partial charge in [0.25, 0.3) is 5.91 Å². The van der Waals surface area contributed by atoms with Crippen molar-refractivity contribution in [1.29, 1.82) is 0 Å². The maximum absolute atomic E-state index is 13.3. The number of rotatable bonds is 6. The third kappa shape index (κ3) is 5.72. The van der Waals surface area contributed by atoms with Gasteiger partial charge in [-0.15, -0.1) is 0 Å². The van der Waals surface area contributed by atoms with Crippen LogP contribution >= 0.6 is 0 Å². The summed E-state index contributed by atoms with van der Waals surface area (Å²) in [6.07, 6.45) is -1.45. The fraction of sp³-hybridized carbons (Fsp3) is 0.522. The molecule has 0 radical (unpaired) electrons. The summed E-state index contributed by atoms with van der Waals surface area (Å²) in [7, 11) is 0.